The molecule has 1 aliphatic carbocycles. The van der Waals surface area contributed by atoms with Crippen LogP contribution in [0.2, 0.25) is 0 Å². The van der Waals surface area contributed by atoms with E-state index in [9.17, 15) is 14.0 Å². The maximum Gasteiger partial charge on any atom is 0.227 e. The molecule has 0 radical (unpaired) electrons. The summed E-state index contributed by atoms with van der Waals surface area (Å²) in [5, 5.41) is 2.01. The third kappa shape index (κ3) is 6.87. The van der Waals surface area contributed by atoms with Gasteiger partial charge in [0.25, 0.3) is 0 Å². The molecule has 1 saturated heterocycles. The lowest BCUT2D eigenvalue weighted by molar-refractivity contribution is -0.137. The lowest BCUT2D eigenvalue weighted by Gasteiger charge is -2.36. The molecule has 2 fully saturated rings. The number of carbonyl (C=O) groups excluding carboxylic acids is 2. The fourth-order valence-corrected chi connectivity index (χ4v) is 5.54. The Kier molecular flexibility index (Phi) is 8.51. The molecule has 0 N–H and O–H groups in total. The van der Waals surface area contributed by atoms with E-state index in [2.05, 4.69) is 4.90 Å². The molecule has 1 aromatic heterocycles. The van der Waals surface area contributed by atoms with Crippen LogP contribution >= 0.6 is 11.3 Å². The van der Waals surface area contributed by atoms with Gasteiger partial charge in [-0.1, -0.05) is 37.5 Å². The number of nitrogens with zero attached hydrogens (tertiary/aromatic N) is 3. The van der Waals surface area contributed by atoms with Gasteiger partial charge in [-0.3, -0.25) is 14.5 Å². The van der Waals surface area contributed by atoms with Gasteiger partial charge in [0.2, 0.25) is 11.8 Å². The molecule has 1 aliphatic heterocycles. The van der Waals surface area contributed by atoms with E-state index < -0.39 is 0 Å². The number of amides is 2. The Bertz CT molecular complexity index is 889. The first-order valence-electron chi connectivity index (χ1n) is 12.1. The van der Waals surface area contributed by atoms with Gasteiger partial charge in [0, 0.05) is 56.6 Å². The van der Waals surface area contributed by atoms with E-state index in [1.165, 1.54) is 18.6 Å². The number of rotatable bonds is 8. The minimum Gasteiger partial charge on any atom is -0.340 e. The molecule has 1 aromatic carbocycles. The first kappa shape index (κ1) is 23.9. The molecule has 2 heterocycles. The smallest absolute Gasteiger partial charge is 0.227 e. The second-order valence-corrected chi connectivity index (χ2v) is 10.2. The molecular formula is C26H34FN3O2S. The standard InChI is InChI=1S/C26H34FN3O2S/c27-23-10-8-21(9-11-23)20-30(26(32)22-5-2-1-3-6-22)17-14-28-12-15-29(16-13-28)25(31)19-24-7-4-18-33-24/h4,7-11,18,22H,1-3,5-6,12-17,19-20H2. The van der Waals surface area contributed by atoms with Gasteiger partial charge in [0.1, 0.15) is 5.82 Å². The summed E-state index contributed by atoms with van der Waals surface area (Å²) in [5.74, 6) is 0.299. The van der Waals surface area contributed by atoms with E-state index in [1.54, 1.807) is 23.5 Å². The highest BCUT2D eigenvalue weighted by Gasteiger charge is 2.27. The van der Waals surface area contributed by atoms with Crippen molar-refractivity contribution in [1.29, 1.82) is 0 Å². The Morgan fingerprint density at radius 2 is 1.73 bits per heavy atom. The molecule has 2 aromatic rings. The van der Waals surface area contributed by atoms with Gasteiger partial charge in [-0.15, -0.1) is 11.3 Å². The van der Waals surface area contributed by atoms with E-state index in [1.807, 2.05) is 27.3 Å². The molecule has 0 bridgehead atoms. The zero-order chi connectivity index (χ0) is 23.0. The minimum absolute atomic E-state index is 0.117. The van der Waals surface area contributed by atoms with Crippen molar-refractivity contribution in [2.24, 2.45) is 5.92 Å². The van der Waals surface area contributed by atoms with Crippen molar-refractivity contribution in [3.05, 3.63) is 58.0 Å². The lowest BCUT2D eigenvalue weighted by atomic mass is 9.88. The Balaban J connectivity index is 1.30. The van der Waals surface area contributed by atoms with Crippen LogP contribution in [0.15, 0.2) is 41.8 Å². The summed E-state index contributed by atoms with van der Waals surface area (Å²) < 4.78 is 13.3. The van der Waals surface area contributed by atoms with Gasteiger partial charge in [0.15, 0.2) is 0 Å². The molecule has 178 valence electrons. The van der Waals surface area contributed by atoms with Crippen LogP contribution in [-0.4, -0.2) is 65.8 Å². The first-order valence-corrected chi connectivity index (χ1v) is 13.0. The third-order valence-electron chi connectivity index (χ3n) is 6.87. The Morgan fingerprint density at radius 3 is 2.39 bits per heavy atom. The molecule has 4 rings (SSSR count). The van der Waals surface area contributed by atoms with E-state index in [0.717, 1.165) is 68.8 Å². The van der Waals surface area contributed by atoms with Crippen LogP contribution in [0.1, 0.15) is 42.5 Å². The van der Waals surface area contributed by atoms with Crippen molar-refractivity contribution in [2.75, 3.05) is 39.3 Å². The van der Waals surface area contributed by atoms with Crippen molar-refractivity contribution >= 4 is 23.2 Å². The van der Waals surface area contributed by atoms with E-state index in [4.69, 9.17) is 0 Å². The third-order valence-corrected chi connectivity index (χ3v) is 7.75. The highest BCUT2D eigenvalue weighted by Crippen LogP contribution is 2.26. The zero-order valence-electron chi connectivity index (χ0n) is 19.3. The number of piperazine rings is 1. The second kappa shape index (κ2) is 11.7. The van der Waals surface area contributed by atoms with E-state index in [-0.39, 0.29) is 23.5 Å². The van der Waals surface area contributed by atoms with Crippen LogP contribution in [0.3, 0.4) is 0 Å². The van der Waals surface area contributed by atoms with E-state index >= 15 is 0 Å². The maximum absolute atomic E-state index is 13.3. The van der Waals surface area contributed by atoms with E-state index in [0.29, 0.717) is 19.5 Å². The van der Waals surface area contributed by atoms with Crippen molar-refractivity contribution in [1.82, 2.24) is 14.7 Å². The molecule has 0 unspecified atom stereocenters. The van der Waals surface area contributed by atoms with Gasteiger partial charge in [0.05, 0.1) is 6.42 Å². The molecule has 2 aliphatic rings. The molecule has 0 atom stereocenters. The first-order chi connectivity index (χ1) is 16.1. The van der Waals surface area contributed by atoms with Gasteiger partial charge < -0.3 is 9.80 Å². The van der Waals surface area contributed by atoms with Crippen LogP contribution in [0.25, 0.3) is 0 Å². The Labute approximate surface area is 200 Å². The Morgan fingerprint density at radius 1 is 1.00 bits per heavy atom. The number of halogens is 1. The molecule has 2 amide bonds. The largest absolute Gasteiger partial charge is 0.340 e. The average molecular weight is 472 g/mol. The number of hydrogen-bond donors (Lipinski definition) is 0. The van der Waals surface area contributed by atoms with Crippen molar-refractivity contribution in [2.45, 2.75) is 45.1 Å². The Hall–Kier alpha value is -2.25. The molecular weight excluding hydrogens is 437 g/mol. The minimum atomic E-state index is -0.254. The van der Waals surface area contributed by atoms with Gasteiger partial charge in [-0.05, 0) is 42.0 Å². The van der Waals surface area contributed by atoms with Crippen LogP contribution < -0.4 is 0 Å². The lowest BCUT2D eigenvalue weighted by Crippen LogP contribution is -2.51. The topological polar surface area (TPSA) is 43.9 Å². The molecule has 5 nitrogen and oxygen atoms in total. The molecule has 33 heavy (non-hydrogen) atoms. The van der Waals surface area contributed by atoms with Crippen LogP contribution in [0.5, 0.6) is 0 Å². The highest BCUT2D eigenvalue weighted by atomic mass is 32.1. The number of thiophene rings is 1. The summed E-state index contributed by atoms with van der Waals surface area (Å²) in [6.45, 7) is 5.12. The van der Waals surface area contributed by atoms with Gasteiger partial charge in [-0.2, -0.15) is 0 Å². The number of hydrogen-bond acceptors (Lipinski definition) is 4. The predicted octanol–water partition coefficient (Wildman–Crippen LogP) is 4.18. The van der Waals surface area contributed by atoms with Gasteiger partial charge in [-0.25, -0.2) is 4.39 Å². The van der Waals surface area contributed by atoms with Crippen molar-refractivity contribution in [3.8, 4) is 0 Å². The zero-order valence-corrected chi connectivity index (χ0v) is 20.1. The fourth-order valence-electron chi connectivity index (χ4n) is 4.84. The average Bonchev–Trinajstić information content (AvgIpc) is 3.36. The SMILES string of the molecule is O=C(Cc1cccs1)N1CCN(CCN(Cc2ccc(F)cc2)C(=O)C2CCCCC2)CC1. The van der Waals surface area contributed by atoms with Crippen LogP contribution in [0.4, 0.5) is 4.39 Å². The second-order valence-electron chi connectivity index (χ2n) is 9.20. The molecule has 0 spiro atoms. The van der Waals surface area contributed by atoms with Crippen LogP contribution in [-0.2, 0) is 22.6 Å². The van der Waals surface area contributed by atoms with Crippen molar-refractivity contribution in [3.63, 3.8) is 0 Å². The van der Waals surface area contributed by atoms with Crippen LogP contribution in [0, 0.1) is 11.7 Å². The molecule has 7 heteroatoms. The normalized spacial score (nSPS) is 17.8. The maximum atomic E-state index is 13.3. The summed E-state index contributed by atoms with van der Waals surface area (Å²) >= 11 is 1.63. The van der Waals surface area contributed by atoms with Crippen molar-refractivity contribution < 1.29 is 14.0 Å². The van der Waals surface area contributed by atoms with Gasteiger partial charge >= 0.3 is 0 Å². The monoisotopic (exact) mass is 471 g/mol. The summed E-state index contributed by atoms with van der Waals surface area (Å²) in [6, 6.07) is 10.5. The predicted molar refractivity (Wildman–Crippen MR) is 129 cm³/mol. The summed E-state index contributed by atoms with van der Waals surface area (Å²) in [4.78, 5) is 33.3. The molecule has 1 saturated carbocycles. The summed E-state index contributed by atoms with van der Waals surface area (Å²) in [7, 11) is 0. The number of benzene rings is 1. The fraction of sp³-hybridized carbons (Fsp3) is 0.538. The number of carbonyl (C=O) groups is 2. The summed E-state index contributed by atoms with van der Waals surface area (Å²) in [6.07, 6.45) is 5.91. The summed E-state index contributed by atoms with van der Waals surface area (Å²) in [5.41, 5.74) is 0.963. The highest BCUT2D eigenvalue weighted by molar-refractivity contribution is 7.10. The quantitative estimate of drug-likeness (QED) is 0.580.